The van der Waals surface area contributed by atoms with E-state index in [0.29, 0.717) is 0 Å². The summed E-state index contributed by atoms with van der Waals surface area (Å²) in [7, 11) is 1.23. The molecule has 0 aromatic carbocycles. The van der Waals surface area contributed by atoms with Crippen molar-refractivity contribution in [2.24, 2.45) is 0 Å². The molecule has 0 unspecified atom stereocenters. The molecule has 1 fully saturated rings. The Hall–Kier alpha value is 0.554. The second kappa shape index (κ2) is 20.7. The molecule has 0 aromatic heterocycles. The van der Waals surface area contributed by atoms with Gasteiger partial charge in [-0.25, -0.2) is 37.3 Å². The number of hydrogen-bond acceptors (Lipinski definition) is 13. The topological polar surface area (TPSA) is 201 Å². The van der Waals surface area contributed by atoms with Crippen molar-refractivity contribution in [1.29, 1.82) is 0 Å². The van der Waals surface area contributed by atoms with Gasteiger partial charge in [-0.2, -0.15) is 0 Å². The smallest absolute Gasteiger partial charge is 0.308 e. The molecular formula is C17H39Cl2N5NiO8. The van der Waals surface area contributed by atoms with Gasteiger partial charge in [0.15, 0.2) is 0 Å². The van der Waals surface area contributed by atoms with E-state index < -0.39 is 20.5 Å². The van der Waals surface area contributed by atoms with Crippen LogP contribution >= 0.6 is 0 Å². The van der Waals surface area contributed by atoms with Crippen molar-refractivity contribution in [3.63, 3.8) is 0 Å². The van der Waals surface area contributed by atoms with Gasteiger partial charge < -0.3 is 24.5 Å². The number of nitrogens with zero attached hydrogens (tertiary/aromatic N) is 5. The standard InChI is InChI=1S/C17H39N5.2ClHO4.Ni/c1-18(2)12-16-22-11-7-10-20(4)14-13-19(3)8-6-9-21(5)15-17-22;2*2-1(3,4)5;/h6-17H2,1-5H3;2*(H,2,3,4,5);/q;;;+2/p-2. The minimum Gasteiger partial charge on any atom is -0.308 e. The number of rotatable bonds is 3. The molecule has 33 heavy (non-hydrogen) atoms. The normalized spacial score (nSPS) is 19.5. The molecule has 1 heterocycles. The summed E-state index contributed by atoms with van der Waals surface area (Å²) in [5.74, 6) is 0. The Morgan fingerprint density at radius 2 is 0.879 bits per heavy atom. The maximum Gasteiger partial charge on any atom is 2.00 e. The predicted octanol–water partition coefficient (Wildman–Crippen LogP) is -9.08. The first kappa shape index (κ1) is 38.1. The van der Waals surface area contributed by atoms with Crippen LogP contribution in [0, 0.1) is 20.5 Å². The first-order chi connectivity index (χ1) is 14.5. The van der Waals surface area contributed by atoms with E-state index in [2.05, 4.69) is 59.7 Å². The zero-order valence-electron chi connectivity index (χ0n) is 20.1. The fourth-order valence-corrected chi connectivity index (χ4v) is 2.84. The van der Waals surface area contributed by atoms with E-state index in [1.54, 1.807) is 0 Å². The number of hydrogen-bond donors (Lipinski definition) is 0. The van der Waals surface area contributed by atoms with Gasteiger partial charge in [-0.3, -0.25) is 0 Å². The average Bonchev–Trinajstić information content (AvgIpc) is 2.58. The maximum atomic E-state index is 8.49. The van der Waals surface area contributed by atoms with Crippen LogP contribution in [0.1, 0.15) is 12.8 Å². The summed E-state index contributed by atoms with van der Waals surface area (Å²) in [6, 6.07) is 0. The number of halogens is 2. The minimum absolute atomic E-state index is 0. The Morgan fingerprint density at radius 1 is 0.576 bits per heavy atom. The van der Waals surface area contributed by atoms with Crippen LogP contribution in [-0.2, 0) is 16.5 Å². The van der Waals surface area contributed by atoms with Crippen molar-refractivity contribution in [3.8, 4) is 0 Å². The quantitative estimate of drug-likeness (QED) is 0.290. The van der Waals surface area contributed by atoms with Crippen LogP contribution in [0.5, 0.6) is 0 Å². The molecule has 0 aromatic rings. The molecule has 1 rings (SSSR count). The zero-order chi connectivity index (χ0) is 25.4. The first-order valence-corrected chi connectivity index (χ1v) is 12.6. The van der Waals surface area contributed by atoms with Crippen molar-refractivity contribution in [2.75, 3.05) is 101 Å². The largest absolute Gasteiger partial charge is 2.00 e. The molecule has 0 aliphatic carbocycles. The van der Waals surface area contributed by atoms with E-state index in [0.717, 1.165) is 6.54 Å². The van der Waals surface area contributed by atoms with Crippen LogP contribution in [0.4, 0.5) is 0 Å². The van der Waals surface area contributed by atoms with Gasteiger partial charge in [-0.15, -0.1) is 20.5 Å². The Bertz CT molecular complexity index is 427. The van der Waals surface area contributed by atoms with Crippen molar-refractivity contribution >= 4 is 0 Å². The van der Waals surface area contributed by atoms with Crippen LogP contribution < -0.4 is 37.3 Å². The van der Waals surface area contributed by atoms with E-state index in [4.69, 9.17) is 37.3 Å². The predicted molar refractivity (Wildman–Crippen MR) is 96.7 cm³/mol. The third-order valence-electron chi connectivity index (χ3n) is 4.62. The molecule has 1 aliphatic rings. The van der Waals surface area contributed by atoms with Crippen molar-refractivity contribution in [2.45, 2.75) is 12.8 Å². The van der Waals surface area contributed by atoms with Gasteiger partial charge in [0.25, 0.3) is 0 Å². The Morgan fingerprint density at radius 3 is 1.21 bits per heavy atom. The van der Waals surface area contributed by atoms with E-state index in [9.17, 15) is 0 Å². The van der Waals surface area contributed by atoms with Gasteiger partial charge in [-0.1, -0.05) is 0 Å². The van der Waals surface area contributed by atoms with Gasteiger partial charge in [0, 0.05) is 39.3 Å². The molecule has 0 saturated carbocycles. The molecule has 0 bridgehead atoms. The Labute approximate surface area is 212 Å². The van der Waals surface area contributed by atoms with Crippen LogP contribution in [0.15, 0.2) is 0 Å². The van der Waals surface area contributed by atoms with Crippen LogP contribution in [0.2, 0.25) is 0 Å². The third kappa shape index (κ3) is 40.0. The fraction of sp³-hybridized carbons (Fsp3) is 1.00. The Kier molecular flexibility index (Phi) is 23.9. The molecule has 1 aliphatic heterocycles. The van der Waals surface area contributed by atoms with Gasteiger partial charge in [0.2, 0.25) is 0 Å². The summed E-state index contributed by atoms with van der Waals surface area (Å²) in [5.41, 5.74) is 0. The molecule has 13 nitrogen and oxygen atoms in total. The van der Waals surface area contributed by atoms with Gasteiger partial charge in [0.05, 0.1) is 0 Å². The van der Waals surface area contributed by atoms with Crippen LogP contribution in [0.3, 0.4) is 0 Å². The third-order valence-corrected chi connectivity index (χ3v) is 4.62. The molecule has 1 saturated heterocycles. The number of likely N-dealkylation sites (N-methyl/N-ethyl adjacent to an activating group) is 4. The molecule has 0 radical (unpaired) electrons. The summed E-state index contributed by atoms with van der Waals surface area (Å²) in [4.78, 5) is 12.4. The van der Waals surface area contributed by atoms with Crippen molar-refractivity contribution in [3.05, 3.63) is 0 Å². The maximum absolute atomic E-state index is 8.49. The van der Waals surface area contributed by atoms with Gasteiger partial charge in [-0.05, 0) is 74.3 Å². The fourth-order valence-electron chi connectivity index (χ4n) is 2.84. The molecular weight excluding hydrogens is 532 g/mol. The first-order valence-electron chi connectivity index (χ1n) is 10.1. The van der Waals surface area contributed by atoms with E-state index in [1.165, 1.54) is 71.7 Å². The second-order valence-corrected chi connectivity index (χ2v) is 9.53. The molecule has 0 amide bonds. The molecule has 204 valence electrons. The van der Waals surface area contributed by atoms with Gasteiger partial charge in [0.1, 0.15) is 0 Å². The van der Waals surface area contributed by atoms with Crippen LogP contribution in [0.25, 0.3) is 0 Å². The molecule has 0 N–H and O–H groups in total. The van der Waals surface area contributed by atoms with E-state index in [-0.39, 0.29) is 16.5 Å². The molecule has 16 heteroatoms. The summed E-state index contributed by atoms with van der Waals surface area (Å²) >= 11 is 0. The van der Waals surface area contributed by atoms with E-state index in [1.807, 2.05) is 0 Å². The van der Waals surface area contributed by atoms with Crippen molar-refractivity contribution < 1.29 is 74.2 Å². The average molecular weight is 571 g/mol. The monoisotopic (exact) mass is 569 g/mol. The molecule has 0 spiro atoms. The van der Waals surface area contributed by atoms with E-state index >= 15 is 0 Å². The van der Waals surface area contributed by atoms with Gasteiger partial charge >= 0.3 is 16.5 Å². The summed E-state index contributed by atoms with van der Waals surface area (Å²) in [6.45, 7) is 12.0. The zero-order valence-corrected chi connectivity index (χ0v) is 22.6. The summed E-state index contributed by atoms with van der Waals surface area (Å²) < 4.78 is 67.9. The van der Waals surface area contributed by atoms with Crippen molar-refractivity contribution in [1.82, 2.24) is 24.5 Å². The SMILES string of the molecule is CN(C)CCN1CCCN(C)CCN(C)CCCN(C)CC1.[Ni+2].[O-][Cl+3]([O-])([O-])[O-].[O-][Cl+3]([O-])([O-])[O-]. The summed E-state index contributed by atoms with van der Waals surface area (Å²) in [6.07, 6.45) is 2.55. The second-order valence-electron chi connectivity index (χ2n) is 8.02. The minimum atomic E-state index is -4.94. The summed E-state index contributed by atoms with van der Waals surface area (Å²) in [5, 5.41) is 0. The molecule has 0 atom stereocenters. The Balaban J connectivity index is -0.000000686. The van der Waals surface area contributed by atoms with Crippen LogP contribution in [-0.4, -0.2) is 125 Å².